The summed E-state index contributed by atoms with van der Waals surface area (Å²) in [6.07, 6.45) is 1.70. The molecule has 0 radical (unpaired) electrons. The molecule has 3 rings (SSSR count). The Bertz CT molecular complexity index is 868. The Labute approximate surface area is 132 Å². The van der Waals surface area contributed by atoms with Crippen LogP contribution in [0.5, 0.6) is 0 Å². The second-order valence-electron chi connectivity index (χ2n) is 5.01. The van der Waals surface area contributed by atoms with Crippen LogP contribution in [0.25, 0.3) is 10.9 Å². The van der Waals surface area contributed by atoms with Crippen LogP contribution in [0.3, 0.4) is 0 Å². The molecule has 114 valence electrons. The summed E-state index contributed by atoms with van der Waals surface area (Å²) in [5, 5.41) is 0.992. The second kappa shape index (κ2) is 6.27. The first-order chi connectivity index (χ1) is 11.1. The largest absolute Gasteiger partial charge is 0.457 e. The molecule has 0 bridgehead atoms. The lowest BCUT2D eigenvalue weighted by Crippen LogP contribution is -2.11. The van der Waals surface area contributed by atoms with Gasteiger partial charge in [0, 0.05) is 22.7 Å². The van der Waals surface area contributed by atoms with Crippen molar-refractivity contribution in [1.82, 2.24) is 4.98 Å². The molecule has 0 fully saturated rings. The number of hydrogen-bond acceptors (Lipinski definition) is 4. The minimum absolute atomic E-state index is 0.130. The van der Waals surface area contributed by atoms with Gasteiger partial charge in [0.15, 0.2) is 0 Å². The monoisotopic (exact) mass is 306 g/mol. The third-order valence-corrected chi connectivity index (χ3v) is 3.48. The predicted octanol–water partition coefficient (Wildman–Crippen LogP) is 2.69. The summed E-state index contributed by atoms with van der Waals surface area (Å²) in [7, 11) is 0. The number of nitrogens with zero attached hydrogens (tertiary/aromatic N) is 1. The fourth-order valence-corrected chi connectivity index (χ4v) is 2.28. The summed E-state index contributed by atoms with van der Waals surface area (Å²) in [5.41, 5.74) is 7.53. The molecule has 0 atom stereocenters. The molecule has 0 aliphatic carbocycles. The maximum absolute atomic E-state index is 12.1. The summed E-state index contributed by atoms with van der Waals surface area (Å²) in [5.74, 6) is -0.999. The molecular weight excluding hydrogens is 292 g/mol. The van der Waals surface area contributed by atoms with Crippen molar-refractivity contribution in [3.63, 3.8) is 0 Å². The van der Waals surface area contributed by atoms with Crippen molar-refractivity contribution in [3.05, 3.63) is 77.5 Å². The molecule has 0 aliphatic heterocycles. The Morgan fingerprint density at radius 3 is 2.39 bits per heavy atom. The first-order valence-electron chi connectivity index (χ1n) is 7.05. The van der Waals surface area contributed by atoms with Crippen molar-refractivity contribution < 1.29 is 14.3 Å². The molecule has 5 nitrogen and oxygen atoms in total. The van der Waals surface area contributed by atoms with Crippen LogP contribution in [0, 0.1) is 0 Å². The Morgan fingerprint density at radius 1 is 0.957 bits per heavy atom. The van der Waals surface area contributed by atoms with Crippen molar-refractivity contribution in [2.75, 3.05) is 0 Å². The van der Waals surface area contributed by atoms with Crippen LogP contribution in [-0.4, -0.2) is 16.9 Å². The van der Waals surface area contributed by atoms with Crippen molar-refractivity contribution in [3.8, 4) is 0 Å². The standard InChI is InChI=1S/C18H14N2O3/c19-17(21)13-6-8-14(9-7-13)18(22)23-11-15-4-1-3-12-5-2-10-20-16(12)15/h1-10H,11H2,(H2,19,21). The van der Waals surface area contributed by atoms with Crippen LogP contribution in [0.1, 0.15) is 26.3 Å². The number of hydrogen-bond donors (Lipinski definition) is 1. The molecule has 0 saturated carbocycles. The summed E-state index contributed by atoms with van der Waals surface area (Å²) < 4.78 is 5.33. The van der Waals surface area contributed by atoms with Gasteiger partial charge in [-0.25, -0.2) is 4.79 Å². The Balaban J connectivity index is 1.74. The quantitative estimate of drug-likeness (QED) is 0.751. The predicted molar refractivity (Wildman–Crippen MR) is 85.8 cm³/mol. The topological polar surface area (TPSA) is 82.3 Å². The number of carbonyl (C=O) groups excluding carboxylic acids is 2. The zero-order valence-electron chi connectivity index (χ0n) is 12.2. The average molecular weight is 306 g/mol. The van der Waals surface area contributed by atoms with Crippen molar-refractivity contribution in [2.45, 2.75) is 6.61 Å². The maximum atomic E-state index is 12.1. The Kier molecular flexibility index (Phi) is 4.01. The number of benzene rings is 2. The van der Waals surface area contributed by atoms with E-state index in [1.54, 1.807) is 6.20 Å². The molecule has 2 aromatic carbocycles. The highest BCUT2D eigenvalue weighted by Gasteiger charge is 2.10. The van der Waals surface area contributed by atoms with Gasteiger partial charge >= 0.3 is 5.97 Å². The van der Waals surface area contributed by atoms with Gasteiger partial charge in [-0.3, -0.25) is 9.78 Å². The first-order valence-corrected chi connectivity index (χ1v) is 7.05. The number of rotatable bonds is 4. The van der Waals surface area contributed by atoms with Crippen LogP contribution >= 0.6 is 0 Å². The normalized spacial score (nSPS) is 10.4. The molecule has 2 N–H and O–H groups in total. The van der Waals surface area contributed by atoms with E-state index >= 15 is 0 Å². The molecule has 0 saturated heterocycles. The van der Waals surface area contributed by atoms with Gasteiger partial charge in [-0.2, -0.15) is 0 Å². The van der Waals surface area contributed by atoms with Crippen LogP contribution in [0.4, 0.5) is 0 Å². The molecule has 0 aliphatic rings. The minimum Gasteiger partial charge on any atom is -0.457 e. The van der Waals surface area contributed by atoms with E-state index in [1.165, 1.54) is 24.3 Å². The van der Waals surface area contributed by atoms with E-state index in [-0.39, 0.29) is 6.61 Å². The van der Waals surface area contributed by atoms with Crippen LogP contribution in [0.2, 0.25) is 0 Å². The molecule has 1 heterocycles. The van der Waals surface area contributed by atoms with E-state index in [9.17, 15) is 9.59 Å². The summed E-state index contributed by atoms with van der Waals surface area (Å²) in [4.78, 5) is 27.4. The highest BCUT2D eigenvalue weighted by molar-refractivity contribution is 5.95. The highest BCUT2D eigenvalue weighted by Crippen LogP contribution is 2.17. The van der Waals surface area contributed by atoms with Gasteiger partial charge in [-0.05, 0) is 30.3 Å². The van der Waals surface area contributed by atoms with E-state index in [0.29, 0.717) is 11.1 Å². The van der Waals surface area contributed by atoms with Crippen molar-refractivity contribution >= 4 is 22.8 Å². The molecular formula is C18H14N2O3. The van der Waals surface area contributed by atoms with Gasteiger partial charge in [-0.15, -0.1) is 0 Å². The number of pyridine rings is 1. The minimum atomic E-state index is -0.535. The smallest absolute Gasteiger partial charge is 0.338 e. The van der Waals surface area contributed by atoms with Crippen molar-refractivity contribution in [2.24, 2.45) is 5.73 Å². The van der Waals surface area contributed by atoms with Gasteiger partial charge in [0.05, 0.1) is 11.1 Å². The summed E-state index contributed by atoms with van der Waals surface area (Å²) in [6.45, 7) is 0.130. The van der Waals surface area contributed by atoms with Gasteiger partial charge in [0.2, 0.25) is 5.91 Å². The van der Waals surface area contributed by atoms with Gasteiger partial charge < -0.3 is 10.5 Å². The fourth-order valence-electron chi connectivity index (χ4n) is 2.28. The molecule has 5 heteroatoms. The number of aromatic nitrogens is 1. The lowest BCUT2D eigenvalue weighted by atomic mass is 10.1. The fraction of sp³-hybridized carbons (Fsp3) is 0.0556. The number of primary amides is 1. The number of para-hydroxylation sites is 1. The molecule has 1 amide bonds. The summed E-state index contributed by atoms with van der Waals surface area (Å²) in [6, 6.07) is 15.6. The SMILES string of the molecule is NC(=O)c1ccc(C(=O)OCc2cccc3cccnc23)cc1. The zero-order valence-corrected chi connectivity index (χ0v) is 12.2. The summed E-state index contributed by atoms with van der Waals surface area (Å²) >= 11 is 0. The third-order valence-electron chi connectivity index (χ3n) is 3.48. The molecule has 0 unspecified atom stereocenters. The number of carbonyl (C=O) groups is 2. The van der Waals surface area contributed by atoms with Crippen LogP contribution in [0.15, 0.2) is 60.8 Å². The van der Waals surface area contributed by atoms with E-state index in [0.717, 1.165) is 16.5 Å². The second-order valence-corrected chi connectivity index (χ2v) is 5.01. The van der Waals surface area contributed by atoms with E-state index in [1.807, 2.05) is 30.3 Å². The molecule has 23 heavy (non-hydrogen) atoms. The van der Waals surface area contributed by atoms with E-state index in [4.69, 9.17) is 10.5 Å². The number of esters is 1. The van der Waals surface area contributed by atoms with Crippen LogP contribution < -0.4 is 5.73 Å². The van der Waals surface area contributed by atoms with Gasteiger partial charge in [0.1, 0.15) is 6.61 Å². The van der Waals surface area contributed by atoms with E-state index < -0.39 is 11.9 Å². The lowest BCUT2D eigenvalue weighted by molar-refractivity contribution is 0.0474. The molecule has 1 aromatic heterocycles. The Hall–Kier alpha value is -3.21. The third kappa shape index (κ3) is 3.18. The number of nitrogens with two attached hydrogens (primary N) is 1. The van der Waals surface area contributed by atoms with Crippen molar-refractivity contribution in [1.29, 1.82) is 0 Å². The molecule has 0 spiro atoms. The molecule has 3 aromatic rings. The van der Waals surface area contributed by atoms with Gasteiger partial charge in [-0.1, -0.05) is 24.3 Å². The zero-order chi connectivity index (χ0) is 16.2. The number of fused-ring (bicyclic) bond motifs is 1. The van der Waals surface area contributed by atoms with Gasteiger partial charge in [0.25, 0.3) is 0 Å². The highest BCUT2D eigenvalue weighted by atomic mass is 16.5. The number of ether oxygens (including phenoxy) is 1. The number of amides is 1. The van der Waals surface area contributed by atoms with E-state index in [2.05, 4.69) is 4.98 Å². The lowest BCUT2D eigenvalue weighted by Gasteiger charge is -2.07. The maximum Gasteiger partial charge on any atom is 0.338 e. The average Bonchev–Trinajstić information content (AvgIpc) is 2.59. The van der Waals surface area contributed by atoms with Crippen LogP contribution in [-0.2, 0) is 11.3 Å². The Morgan fingerprint density at radius 2 is 1.65 bits per heavy atom. The first kappa shape index (κ1) is 14.7.